The van der Waals surface area contributed by atoms with Crippen molar-refractivity contribution in [1.82, 2.24) is 9.55 Å². The molecule has 2 aromatic heterocycles. The molecule has 0 aliphatic heterocycles. The van der Waals surface area contributed by atoms with Crippen molar-refractivity contribution in [2.45, 2.75) is 30.8 Å². The molecule has 0 N–H and O–H groups in total. The second-order valence-corrected chi connectivity index (χ2v) is 8.95. The first-order chi connectivity index (χ1) is 15.1. The van der Waals surface area contributed by atoms with Crippen LogP contribution < -0.4 is 10.3 Å². The summed E-state index contributed by atoms with van der Waals surface area (Å²) in [6.07, 6.45) is 0.746. The highest BCUT2D eigenvalue weighted by Gasteiger charge is 2.15. The molecule has 5 nitrogen and oxygen atoms in total. The van der Waals surface area contributed by atoms with Gasteiger partial charge in [-0.05, 0) is 48.6 Å². The van der Waals surface area contributed by atoms with Gasteiger partial charge in [0.1, 0.15) is 10.4 Å². The molecule has 0 spiro atoms. The van der Waals surface area contributed by atoms with Crippen molar-refractivity contribution in [2.75, 3.05) is 7.11 Å². The number of carbonyl (C=O) groups is 1. The highest BCUT2D eigenvalue weighted by molar-refractivity contribution is 7.98. The summed E-state index contributed by atoms with van der Waals surface area (Å²) in [5, 5.41) is 2.57. The molecule has 0 bridgehead atoms. The van der Waals surface area contributed by atoms with Crippen molar-refractivity contribution in [2.24, 2.45) is 0 Å². The maximum Gasteiger partial charge on any atom is 0.272 e. The number of nitrogens with zero attached hydrogens (tertiary/aromatic N) is 2. The number of aromatic nitrogens is 2. The molecule has 0 radical (unpaired) electrons. The van der Waals surface area contributed by atoms with Crippen LogP contribution in [0, 0.1) is 0 Å². The fourth-order valence-electron chi connectivity index (χ4n) is 3.37. The largest absolute Gasteiger partial charge is 0.496 e. The highest BCUT2D eigenvalue weighted by atomic mass is 32.2. The van der Waals surface area contributed by atoms with Crippen molar-refractivity contribution in [3.8, 4) is 5.75 Å². The van der Waals surface area contributed by atoms with Crippen molar-refractivity contribution < 1.29 is 9.53 Å². The standard InChI is InChI=1S/C24H22N2O3S2/c1-16(27)18-8-9-21(29-2)19(14-18)15-31-24-25-20-11-13-30-22(20)23(28)26(24)12-10-17-6-4-3-5-7-17/h3-9,11,13-14H,10,12,15H2,1-2H3. The number of hydrogen-bond acceptors (Lipinski definition) is 6. The van der Waals surface area contributed by atoms with E-state index in [0.29, 0.717) is 33.5 Å². The third-order valence-corrected chi connectivity index (χ3v) is 6.96. The topological polar surface area (TPSA) is 61.2 Å². The average molecular weight is 451 g/mol. The third-order valence-electron chi connectivity index (χ3n) is 5.04. The maximum atomic E-state index is 13.2. The fourth-order valence-corrected chi connectivity index (χ4v) is 5.15. The lowest BCUT2D eigenvalue weighted by molar-refractivity contribution is 0.101. The summed E-state index contributed by atoms with van der Waals surface area (Å²) in [6, 6.07) is 17.4. The number of Topliss-reactive ketones (excluding diaryl/α,β-unsaturated/α-hetero) is 1. The van der Waals surface area contributed by atoms with Crippen LogP contribution in [-0.2, 0) is 18.7 Å². The van der Waals surface area contributed by atoms with E-state index in [1.807, 2.05) is 41.8 Å². The quantitative estimate of drug-likeness (QED) is 0.210. The van der Waals surface area contributed by atoms with Crippen LogP contribution in [0.4, 0.5) is 0 Å². The van der Waals surface area contributed by atoms with E-state index in [0.717, 1.165) is 17.5 Å². The first kappa shape index (κ1) is 21.3. The molecule has 2 heterocycles. The van der Waals surface area contributed by atoms with Crippen LogP contribution in [0.25, 0.3) is 10.2 Å². The zero-order chi connectivity index (χ0) is 21.8. The lowest BCUT2D eigenvalue weighted by atomic mass is 10.1. The maximum absolute atomic E-state index is 13.2. The van der Waals surface area contributed by atoms with Gasteiger partial charge in [0.25, 0.3) is 5.56 Å². The molecule has 2 aromatic carbocycles. The van der Waals surface area contributed by atoms with Gasteiger partial charge in [0.05, 0.1) is 12.6 Å². The number of aryl methyl sites for hydroxylation is 1. The van der Waals surface area contributed by atoms with Crippen LogP contribution in [0.5, 0.6) is 5.75 Å². The molecule has 158 valence electrons. The minimum atomic E-state index is -0.0112. The van der Waals surface area contributed by atoms with Gasteiger partial charge in [0.15, 0.2) is 10.9 Å². The van der Waals surface area contributed by atoms with Crippen molar-refractivity contribution in [1.29, 1.82) is 0 Å². The molecule has 4 rings (SSSR count). The Balaban J connectivity index is 1.66. The van der Waals surface area contributed by atoms with Crippen LogP contribution in [-0.4, -0.2) is 22.4 Å². The number of benzene rings is 2. The number of fused-ring (bicyclic) bond motifs is 1. The summed E-state index contributed by atoms with van der Waals surface area (Å²) in [5.74, 6) is 1.26. The van der Waals surface area contributed by atoms with Gasteiger partial charge in [-0.25, -0.2) is 4.98 Å². The molecule has 0 amide bonds. The number of methoxy groups -OCH3 is 1. The van der Waals surface area contributed by atoms with Gasteiger partial charge in [-0.2, -0.15) is 0 Å². The minimum absolute atomic E-state index is 0.00601. The molecule has 4 aromatic rings. The van der Waals surface area contributed by atoms with Gasteiger partial charge < -0.3 is 4.74 Å². The van der Waals surface area contributed by atoms with Crippen LogP contribution in [0.3, 0.4) is 0 Å². The van der Waals surface area contributed by atoms with Crippen LogP contribution in [0.1, 0.15) is 28.4 Å². The molecule has 0 atom stereocenters. The van der Waals surface area contributed by atoms with E-state index in [1.54, 1.807) is 24.7 Å². The molecule has 0 aliphatic rings. The van der Waals surface area contributed by atoms with E-state index in [1.165, 1.54) is 28.7 Å². The van der Waals surface area contributed by atoms with Crippen LogP contribution >= 0.6 is 23.1 Å². The Labute approximate surface area is 188 Å². The van der Waals surface area contributed by atoms with Gasteiger partial charge in [0.2, 0.25) is 0 Å². The number of rotatable bonds is 8. The zero-order valence-corrected chi connectivity index (χ0v) is 19.0. The Kier molecular flexibility index (Phi) is 6.53. The molecule has 0 aliphatic carbocycles. The SMILES string of the molecule is COc1ccc(C(C)=O)cc1CSc1nc2ccsc2c(=O)n1CCc1ccccc1. The number of thiophene rings is 1. The van der Waals surface area contributed by atoms with E-state index in [2.05, 4.69) is 12.1 Å². The first-order valence-electron chi connectivity index (χ1n) is 9.89. The summed E-state index contributed by atoms with van der Waals surface area (Å²) < 4.78 is 7.91. The van der Waals surface area contributed by atoms with Crippen LogP contribution in [0.2, 0.25) is 0 Å². The predicted molar refractivity (Wildman–Crippen MR) is 127 cm³/mol. The van der Waals surface area contributed by atoms with Gasteiger partial charge in [-0.1, -0.05) is 42.1 Å². The van der Waals surface area contributed by atoms with Crippen molar-refractivity contribution >= 4 is 39.1 Å². The normalized spacial score (nSPS) is 11.0. The van der Waals surface area contributed by atoms with Gasteiger partial charge in [-0.15, -0.1) is 11.3 Å². The Morgan fingerprint density at radius 1 is 1.16 bits per heavy atom. The molecular weight excluding hydrogens is 428 g/mol. The summed E-state index contributed by atoms with van der Waals surface area (Å²) in [5.41, 5.74) is 3.42. The zero-order valence-electron chi connectivity index (χ0n) is 17.3. The predicted octanol–water partition coefficient (Wildman–Crippen LogP) is 5.20. The molecule has 0 saturated heterocycles. The van der Waals surface area contributed by atoms with E-state index < -0.39 is 0 Å². The second-order valence-electron chi connectivity index (χ2n) is 7.09. The van der Waals surface area contributed by atoms with Crippen molar-refractivity contribution in [3.05, 3.63) is 87.0 Å². The number of thioether (sulfide) groups is 1. The van der Waals surface area contributed by atoms with E-state index >= 15 is 0 Å². The molecule has 7 heteroatoms. The van der Waals surface area contributed by atoms with E-state index in [9.17, 15) is 9.59 Å². The Morgan fingerprint density at radius 2 is 1.97 bits per heavy atom. The Hall–Kier alpha value is -2.90. The molecular formula is C24H22N2O3S2. The number of ketones is 1. The minimum Gasteiger partial charge on any atom is -0.496 e. The lowest BCUT2D eigenvalue weighted by Gasteiger charge is -2.14. The number of hydrogen-bond donors (Lipinski definition) is 0. The van der Waals surface area contributed by atoms with Crippen molar-refractivity contribution in [3.63, 3.8) is 0 Å². The van der Waals surface area contributed by atoms with E-state index in [4.69, 9.17) is 9.72 Å². The fraction of sp³-hybridized carbons (Fsp3) is 0.208. The monoisotopic (exact) mass is 450 g/mol. The van der Waals surface area contributed by atoms with Gasteiger partial charge in [-0.3, -0.25) is 14.2 Å². The third kappa shape index (κ3) is 4.73. The van der Waals surface area contributed by atoms with Gasteiger partial charge in [0, 0.05) is 23.4 Å². The van der Waals surface area contributed by atoms with Crippen LogP contribution in [0.15, 0.2) is 69.9 Å². The highest BCUT2D eigenvalue weighted by Crippen LogP contribution is 2.29. The number of ether oxygens (including phenoxy) is 1. The summed E-state index contributed by atoms with van der Waals surface area (Å²) in [6.45, 7) is 2.10. The summed E-state index contributed by atoms with van der Waals surface area (Å²) in [4.78, 5) is 29.7. The number of carbonyl (C=O) groups excluding carboxylic acids is 1. The van der Waals surface area contributed by atoms with Gasteiger partial charge >= 0.3 is 0 Å². The lowest BCUT2D eigenvalue weighted by Crippen LogP contribution is -2.23. The molecule has 0 unspecified atom stereocenters. The summed E-state index contributed by atoms with van der Waals surface area (Å²) >= 11 is 2.90. The second kappa shape index (κ2) is 9.49. The Morgan fingerprint density at radius 3 is 2.71 bits per heavy atom. The Bertz CT molecular complexity index is 1280. The first-order valence-corrected chi connectivity index (χ1v) is 11.8. The van der Waals surface area contributed by atoms with E-state index in [-0.39, 0.29) is 11.3 Å². The molecule has 0 saturated carbocycles. The smallest absolute Gasteiger partial charge is 0.272 e. The molecule has 0 fully saturated rings. The molecule has 31 heavy (non-hydrogen) atoms. The summed E-state index contributed by atoms with van der Waals surface area (Å²) in [7, 11) is 1.61. The average Bonchev–Trinajstić information content (AvgIpc) is 3.26.